The molecule has 4 nitrogen and oxygen atoms in total. The molecule has 0 radical (unpaired) electrons. The van der Waals surface area contributed by atoms with Crippen molar-refractivity contribution < 1.29 is 9.53 Å². The first-order chi connectivity index (χ1) is 8.75. The van der Waals surface area contributed by atoms with Crippen molar-refractivity contribution in [2.45, 2.75) is 39.0 Å². The van der Waals surface area contributed by atoms with Crippen LogP contribution in [0.1, 0.15) is 39.0 Å². The van der Waals surface area contributed by atoms with Crippen molar-refractivity contribution in [3.8, 4) is 0 Å². The molecule has 0 aromatic heterocycles. The summed E-state index contributed by atoms with van der Waals surface area (Å²) in [6.07, 6.45) is 6.37. The molecule has 0 spiro atoms. The molecule has 1 saturated heterocycles. The van der Waals surface area contributed by atoms with Gasteiger partial charge >= 0.3 is 0 Å². The Hall–Kier alpha value is -1.03. The van der Waals surface area contributed by atoms with Crippen LogP contribution in [0, 0.1) is 5.41 Å². The fourth-order valence-corrected chi connectivity index (χ4v) is 2.60. The van der Waals surface area contributed by atoms with Crippen molar-refractivity contribution in [1.82, 2.24) is 10.6 Å². The van der Waals surface area contributed by atoms with Gasteiger partial charge in [-0.25, -0.2) is 0 Å². The van der Waals surface area contributed by atoms with Crippen LogP contribution < -0.4 is 10.6 Å². The van der Waals surface area contributed by atoms with Crippen LogP contribution in [0.4, 0.5) is 0 Å². The summed E-state index contributed by atoms with van der Waals surface area (Å²) in [4.78, 5) is 12.3. The first-order valence-electron chi connectivity index (χ1n) is 6.97. The minimum atomic E-state index is -0.188. The zero-order valence-electron chi connectivity index (χ0n) is 11.5. The number of carbonyl (C=O) groups is 1. The smallest absolute Gasteiger partial charge is 0.227 e. The van der Waals surface area contributed by atoms with Crippen LogP contribution >= 0.6 is 0 Å². The van der Waals surface area contributed by atoms with Gasteiger partial charge in [-0.1, -0.05) is 19.9 Å². The number of hydrogen-bond acceptors (Lipinski definition) is 3. The normalized spacial score (nSPS) is 23.4. The highest BCUT2D eigenvalue weighted by Crippen LogP contribution is 2.31. The predicted octanol–water partition coefficient (Wildman–Crippen LogP) is 1.82. The molecule has 0 bridgehead atoms. The maximum Gasteiger partial charge on any atom is 0.227 e. The van der Waals surface area contributed by atoms with Gasteiger partial charge in [0.05, 0.1) is 18.3 Å². The van der Waals surface area contributed by atoms with Crippen LogP contribution in [0.3, 0.4) is 0 Å². The third-order valence-corrected chi connectivity index (χ3v) is 3.52. The Balaban J connectivity index is 2.37. The predicted molar refractivity (Wildman–Crippen MR) is 73.2 cm³/mol. The second kappa shape index (κ2) is 8.14. The summed E-state index contributed by atoms with van der Waals surface area (Å²) in [5, 5.41) is 6.40. The van der Waals surface area contributed by atoms with Crippen molar-refractivity contribution in [1.29, 1.82) is 0 Å². The molecule has 1 atom stereocenters. The maximum atomic E-state index is 12.3. The number of rotatable bonds is 8. The number of carbonyl (C=O) groups excluding carboxylic acids is 1. The molecule has 0 aliphatic carbocycles. The zero-order chi connectivity index (χ0) is 13.3. The Morgan fingerprint density at radius 3 is 3.06 bits per heavy atom. The van der Waals surface area contributed by atoms with Gasteiger partial charge in [-0.2, -0.15) is 0 Å². The van der Waals surface area contributed by atoms with Crippen molar-refractivity contribution in [2.24, 2.45) is 5.41 Å². The van der Waals surface area contributed by atoms with Gasteiger partial charge in [0.15, 0.2) is 0 Å². The molecule has 1 aliphatic rings. The van der Waals surface area contributed by atoms with E-state index >= 15 is 0 Å². The van der Waals surface area contributed by atoms with Crippen molar-refractivity contribution >= 4 is 5.91 Å². The summed E-state index contributed by atoms with van der Waals surface area (Å²) in [6.45, 7) is 8.77. The quantitative estimate of drug-likeness (QED) is 0.513. The molecule has 2 N–H and O–H groups in total. The van der Waals surface area contributed by atoms with E-state index in [-0.39, 0.29) is 11.3 Å². The van der Waals surface area contributed by atoms with Gasteiger partial charge in [-0.05, 0) is 32.2 Å². The Morgan fingerprint density at radius 2 is 2.44 bits per heavy atom. The van der Waals surface area contributed by atoms with Gasteiger partial charge in [-0.3, -0.25) is 4.79 Å². The van der Waals surface area contributed by atoms with E-state index in [0.29, 0.717) is 13.2 Å². The van der Waals surface area contributed by atoms with Gasteiger partial charge in [0.2, 0.25) is 5.91 Å². The molecular formula is C14H26N2O2. The average molecular weight is 254 g/mol. The number of amides is 1. The van der Waals surface area contributed by atoms with E-state index in [9.17, 15) is 4.79 Å². The third-order valence-electron chi connectivity index (χ3n) is 3.52. The van der Waals surface area contributed by atoms with Crippen molar-refractivity contribution in [3.05, 3.63) is 12.8 Å². The molecule has 4 heteroatoms. The number of piperidine rings is 1. The van der Waals surface area contributed by atoms with Gasteiger partial charge in [0, 0.05) is 13.1 Å². The minimum Gasteiger partial charge on any atom is -0.502 e. The number of nitrogens with one attached hydrogen (secondary N) is 2. The van der Waals surface area contributed by atoms with Crippen molar-refractivity contribution in [2.75, 3.05) is 26.2 Å². The molecule has 1 fully saturated rings. The van der Waals surface area contributed by atoms with Crippen LogP contribution in [-0.2, 0) is 9.53 Å². The van der Waals surface area contributed by atoms with E-state index in [1.165, 1.54) is 6.26 Å². The molecule has 0 saturated carbocycles. The zero-order valence-corrected chi connectivity index (χ0v) is 11.5. The van der Waals surface area contributed by atoms with Gasteiger partial charge in [-0.15, -0.1) is 0 Å². The Labute approximate surface area is 110 Å². The first-order valence-corrected chi connectivity index (χ1v) is 6.97. The van der Waals surface area contributed by atoms with Crippen LogP contribution in [0.25, 0.3) is 0 Å². The molecule has 1 heterocycles. The summed E-state index contributed by atoms with van der Waals surface area (Å²) >= 11 is 0. The summed E-state index contributed by atoms with van der Waals surface area (Å²) < 4.78 is 5.03. The van der Waals surface area contributed by atoms with Crippen LogP contribution in [-0.4, -0.2) is 32.1 Å². The molecule has 18 heavy (non-hydrogen) atoms. The van der Waals surface area contributed by atoms with E-state index in [0.717, 1.165) is 45.2 Å². The lowest BCUT2D eigenvalue weighted by Crippen LogP contribution is -2.50. The van der Waals surface area contributed by atoms with E-state index in [1.54, 1.807) is 0 Å². The average Bonchev–Trinajstić information content (AvgIpc) is 2.39. The monoisotopic (exact) mass is 254 g/mol. The molecular weight excluding hydrogens is 228 g/mol. The van der Waals surface area contributed by atoms with Crippen LogP contribution in [0.2, 0.25) is 0 Å². The summed E-state index contributed by atoms with van der Waals surface area (Å²) in [6, 6.07) is 0. The van der Waals surface area contributed by atoms with Gasteiger partial charge < -0.3 is 15.4 Å². The highest BCUT2D eigenvalue weighted by Gasteiger charge is 2.38. The molecule has 1 rings (SSSR count). The molecule has 1 unspecified atom stereocenters. The molecule has 104 valence electrons. The summed E-state index contributed by atoms with van der Waals surface area (Å²) in [5.41, 5.74) is -0.188. The maximum absolute atomic E-state index is 12.3. The van der Waals surface area contributed by atoms with E-state index in [1.807, 2.05) is 0 Å². The summed E-state index contributed by atoms with van der Waals surface area (Å²) in [7, 11) is 0. The molecule has 1 amide bonds. The number of hydrogen-bond donors (Lipinski definition) is 2. The lowest BCUT2D eigenvalue weighted by molar-refractivity contribution is -0.132. The van der Waals surface area contributed by atoms with Gasteiger partial charge in [0.25, 0.3) is 0 Å². The minimum absolute atomic E-state index is 0.188. The highest BCUT2D eigenvalue weighted by atomic mass is 16.5. The van der Waals surface area contributed by atoms with Crippen LogP contribution in [0.5, 0.6) is 0 Å². The Bertz CT molecular complexity index is 255. The molecule has 0 aromatic rings. The van der Waals surface area contributed by atoms with Gasteiger partial charge in [0.1, 0.15) is 0 Å². The highest BCUT2D eigenvalue weighted by molar-refractivity contribution is 5.83. The largest absolute Gasteiger partial charge is 0.502 e. The Morgan fingerprint density at radius 1 is 1.61 bits per heavy atom. The SMILES string of the molecule is C=COCCCNC(=O)C1(CCC)CCCNC1. The second-order valence-electron chi connectivity index (χ2n) is 4.96. The second-order valence-corrected chi connectivity index (χ2v) is 4.96. The first kappa shape index (κ1) is 15.0. The molecule has 1 aliphatic heterocycles. The summed E-state index contributed by atoms with van der Waals surface area (Å²) in [5.74, 6) is 0.204. The van der Waals surface area contributed by atoms with E-state index in [4.69, 9.17) is 4.74 Å². The lowest BCUT2D eigenvalue weighted by atomic mass is 9.76. The fourth-order valence-electron chi connectivity index (χ4n) is 2.60. The van der Waals surface area contributed by atoms with E-state index in [2.05, 4.69) is 24.1 Å². The van der Waals surface area contributed by atoms with Crippen LogP contribution in [0.15, 0.2) is 12.8 Å². The van der Waals surface area contributed by atoms with E-state index < -0.39 is 0 Å². The standard InChI is InChI=1S/C14H26N2O2/c1-3-7-14(8-5-9-15-12-14)13(17)16-10-6-11-18-4-2/h4,15H,2-3,5-12H2,1H3,(H,16,17). The lowest BCUT2D eigenvalue weighted by Gasteiger charge is -2.36. The fraction of sp³-hybridized carbons (Fsp3) is 0.786. The molecule has 0 aromatic carbocycles. The topological polar surface area (TPSA) is 50.4 Å². The number of ether oxygens (including phenoxy) is 1. The Kier molecular flexibility index (Phi) is 6.80. The van der Waals surface area contributed by atoms with Crippen molar-refractivity contribution in [3.63, 3.8) is 0 Å². The third kappa shape index (κ3) is 4.33.